The van der Waals surface area contributed by atoms with E-state index in [-0.39, 0.29) is 29.2 Å². The summed E-state index contributed by atoms with van der Waals surface area (Å²) >= 11 is 0. The summed E-state index contributed by atoms with van der Waals surface area (Å²) in [6.45, 7) is 4.03. The van der Waals surface area contributed by atoms with Gasteiger partial charge >= 0.3 is 5.97 Å². The molecule has 0 spiro atoms. The Kier molecular flexibility index (Phi) is 7.41. The molecule has 11 nitrogen and oxygen atoms in total. The molecule has 12 heteroatoms. The Balaban J connectivity index is 1.73. The molecule has 1 fully saturated rings. The van der Waals surface area contributed by atoms with E-state index in [0.29, 0.717) is 18.8 Å². The van der Waals surface area contributed by atoms with Gasteiger partial charge in [0.15, 0.2) is 6.10 Å². The number of hydrogen-bond acceptors (Lipinski definition) is 8. The zero-order valence-electron chi connectivity index (χ0n) is 18.0. The van der Waals surface area contributed by atoms with Crippen LogP contribution in [0.25, 0.3) is 0 Å². The first-order valence-corrected chi connectivity index (χ1v) is 11.5. The third-order valence-electron chi connectivity index (χ3n) is 5.02. The second kappa shape index (κ2) is 10.1. The van der Waals surface area contributed by atoms with Gasteiger partial charge in [-0.05, 0) is 37.6 Å². The van der Waals surface area contributed by atoms with Crippen molar-refractivity contribution in [1.29, 1.82) is 0 Å². The number of rotatable bonds is 7. The first-order chi connectivity index (χ1) is 15.6. The number of para-hydroxylation sites is 1. The molecule has 1 saturated heterocycles. The Morgan fingerprint density at radius 2 is 1.85 bits per heavy atom. The minimum Gasteiger partial charge on any atom is -0.449 e. The average molecular weight is 477 g/mol. The number of amides is 1. The Hall–Kier alpha value is -3.35. The van der Waals surface area contributed by atoms with Crippen LogP contribution < -0.4 is 5.32 Å². The van der Waals surface area contributed by atoms with Gasteiger partial charge in [0.2, 0.25) is 10.0 Å². The van der Waals surface area contributed by atoms with Crippen LogP contribution in [-0.4, -0.2) is 61.9 Å². The largest absolute Gasteiger partial charge is 0.449 e. The first kappa shape index (κ1) is 24.3. The topological polar surface area (TPSA) is 145 Å². The van der Waals surface area contributed by atoms with Crippen molar-refractivity contribution in [3.8, 4) is 0 Å². The molecule has 0 saturated carbocycles. The minimum absolute atomic E-state index is 0.0479. The molecule has 1 amide bonds. The maximum Gasteiger partial charge on any atom is 0.345 e. The standard InChI is InChI=1S/C21H23N3O8S/c1-14-7-8-16(13-19(14)33(29,30)23-9-11-31-12-10-23)22-20(25)15(2)32-21(26)17-5-3-4-6-18(17)24(27)28/h3-8,13,15H,9-12H2,1-2H3,(H,22,25). The number of nitro groups is 1. The maximum absolute atomic E-state index is 13.0. The lowest BCUT2D eigenvalue weighted by Gasteiger charge is -2.27. The van der Waals surface area contributed by atoms with Gasteiger partial charge < -0.3 is 14.8 Å². The molecule has 2 aromatic rings. The van der Waals surface area contributed by atoms with Crippen LogP contribution in [0.15, 0.2) is 47.4 Å². The van der Waals surface area contributed by atoms with Gasteiger partial charge in [-0.2, -0.15) is 4.31 Å². The highest BCUT2D eigenvalue weighted by Crippen LogP contribution is 2.25. The number of esters is 1. The smallest absolute Gasteiger partial charge is 0.345 e. The number of ether oxygens (including phenoxy) is 2. The Morgan fingerprint density at radius 1 is 1.18 bits per heavy atom. The van der Waals surface area contributed by atoms with Crippen LogP contribution in [0.5, 0.6) is 0 Å². The summed E-state index contributed by atoms with van der Waals surface area (Å²) in [5.74, 6) is -1.75. The van der Waals surface area contributed by atoms with Crippen molar-refractivity contribution in [3.63, 3.8) is 0 Å². The molecule has 0 aliphatic carbocycles. The van der Waals surface area contributed by atoms with Gasteiger partial charge in [0.1, 0.15) is 5.56 Å². The lowest BCUT2D eigenvalue weighted by Crippen LogP contribution is -2.40. The van der Waals surface area contributed by atoms with Crippen LogP contribution in [0, 0.1) is 17.0 Å². The molecule has 176 valence electrons. The molecule has 0 bridgehead atoms. The van der Waals surface area contributed by atoms with Gasteiger partial charge in [-0.25, -0.2) is 13.2 Å². The summed E-state index contributed by atoms with van der Waals surface area (Å²) in [5.41, 5.74) is -0.00985. The highest BCUT2D eigenvalue weighted by molar-refractivity contribution is 7.89. The van der Waals surface area contributed by atoms with Gasteiger partial charge in [0, 0.05) is 24.8 Å². The first-order valence-electron chi connectivity index (χ1n) is 10.0. The summed E-state index contributed by atoms with van der Waals surface area (Å²) in [5, 5.41) is 13.6. The monoisotopic (exact) mass is 477 g/mol. The number of nitrogens with one attached hydrogen (secondary N) is 1. The lowest BCUT2D eigenvalue weighted by atomic mass is 10.2. The van der Waals surface area contributed by atoms with Crippen molar-refractivity contribution >= 4 is 33.3 Å². The summed E-state index contributed by atoms with van der Waals surface area (Å²) in [4.78, 5) is 35.3. The quantitative estimate of drug-likeness (QED) is 0.363. The molecule has 0 aromatic heterocycles. The third-order valence-corrected chi connectivity index (χ3v) is 7.06. The minimum atomic E-state index is -3.79. The molecule has 1 atom stereocenters. The van der Waals surface area contributed by atoms with Gasteiger partial charge in [0.05, 0.1) is 23.0 Å². The van der Waals surface area contributed by atoms with Crippen LogP contribution in [0.3, 0.4) is 0 Å². The Labute approximate surface area is 190 Å². The SMILES string of the molecule is Cc1ccc(NC(=O)C(C)OC(=O)c2ccccc2[N+](=O)[O-])cc1S(=O)(=O)N1CCOCC1. The molecular weight excluding hydrogens is 454 g/mol. The number of carbonyl (C=O) groups is 2. The van der Waals surface area contributed by atoms with Gasteiger partial charge in [-0.1, -0.05) is 18.2 Å². The number of sulfonamides is 1. The van der Waals surface area contributed by atoms with E-state index in [1.54, 1.807) is 13.0 Å². The van der Waals surface area contributed by atoms with Crippen molar-refractivity contribution in [3.05, 3.63) is 63.7 Å². The zero-order valence-corrected chi connectivity index (χ0v) is 18.8. The summed E-state index contributed by atoms with van der Waals surface area (Å²) < 4.78 is 37.6. The van der Waals surface area contributed by atoms with Crippen molar-refractivity contribution in [2.24, 2.45) is 0 Å². The summed E-state index contributed by atoms with van der Waals surface area (Å²) in [6, 6.07) is 9.67. The van der Waals surface area contributed by atoms with E-state index in [9.17, 15) is 28.1 Å². The van der Waals surface area contributed by atoms with Crippen molar-refractivity contribution in [2.45, 2.75) is 24.8 Å². The highest BCUT2D eigenvalue weighted by Gasteiger charge is 2.29. The van der Waals surface area contributed by atoms with Crippen molar-refractivity contribution in [2.75, 3.05) is 31.6 Å². The molecule has 33 heavy (non-hydrogen) atoms. The molecule has 0 radical (unpaired) electrons. The lowest BCUT2D eigenvalue weighted by molar-refractivity contribution is -0.385. The van der Waals surface area contributed by atoms with E-state index in [4.69, 9.17) is 9.47 Å². The molecule has 1 aliphatic rings. The second-order valence-corrected chi connectivity index (χ2v) is 9.21. The normalized spacial score (nSPS) is 15.5. The number of hydrogen-bond donors (Lipinski definition) is 1. The number of aryl methyl sites for hydroxylation is 1. The molecule has 1 unspecified atom stereocenters. The van der Waals surface area contributed by atoms with E-state index >= 15 is 0 Å². The fraction of sp³-hybridized carbons (Fsp3) is 0.333. The fourth-order valence-corrected chi connectivity index (χ4v) is 4.87. The summed E-state index contributed by atoms with van der Waals surface area (Å²) in [7, 11) is -3.79. The number of anilines is 1. The summed E-state index contributed by atoms with van der Waals surface area (Å²) in [6.07, 6.45) is -1.29. The van der Waals surface area contributed by atoms with E-state index < -0.39 is 38.6 Å². The highest BCUT2D eigenvalue weighted by atomic mass is 32.2. The maximum atomic E-state index is 13.0. The van der Waals surface area contributed by atoms with Crippen molar-refractivity contribution in [1.82, 2.24) is 4.31 Å². The molecule has 3 rings (SSSR count). The van der Waals surface area contributed by atoms with Crippen molar-refractivity contribution < 1.29 is 32.4 Å². The predicted molar refractivity (Wildman–Crippen MR) is 117 cm³/mol. The Bertz CT molecular complexity index is 1180. The number of nitro benzene ring substituents is 1. The van der Waals surface area contributed by atoms with Crippen LogP contribution in [0.4, 0.5) is 11.4 Å². The number of nitrogens with zero attached hydrogens (tertiary/aromatic N) is 2. The fourth-order valence-electron chi connectivity index (χ4n) is 3.21. The average Bonchev–Trinajstić information content (AvgIpc) is 2.80. The second-order valence-electron chi connectivity index (χ2n) is 7.31. The van der Waals surface area contributed by atoms with Gasteiger partial charge in [0.25, 0.3) is 11.6 Å². The molecule has 1 aliphatic heterocycles. The van der Waals surface area contributed by atoms with E-state index in [2.05, 4.69) is 5.32 Å². The van der Waals surface area contributed by atoms with E-state index in [1.807, 2.05) is 0 Å². The van der Waals surface area contributed by atoms with Crippen LogP contribution in [0.2, 0.25) is 0 Å². The van der Waals surface area contributed by atoms with Gasteiger partial charge in [-0.3, -0.25) is 14.9 Å². The van der Waals surface area contributed by atoms with E-state index in [0.717, 1.165) is 6.07 Å². The molecule has 1 N–H and O–H groups in total. The van der Waals surface area contributed by atoms with E-state index in [1.165, 1.54) is 41.6 Å². The van der Waals surface area contributed by atoms with Crippen LogP contribution >= 0.6 is 0 Å². The van der Waals surface area contributed by atoms with Gasteiger partial charge in [-0.15, -0.1) is 0 Å². The molecule has 2 aromatic carbocycles. The number of benzene rings is 2. The van der Waals surface area contributed by atoms with Crippen LogP contribution in [-0.2, 0) is 24.3 Å². The third kappa shape index (κ3) is 5.53. The molecular formula is C21H23N3O8S. The number of morpholine rings is 1. The number of carbonyl (C=O) groups excluding carboxylic acids is 2. The predicted octanol–water partition coefficient (Wildman–Crippen LogP) is 2.11. The Morgan fingerprint density at radius 3 is 2.52 bits per heavy atom. The molecule has 1 heterocycles. The zero-order chi connectivity index (χ0) is 24.2. The van der Waals surface area contributed by atoms with Crippen LogP contribution in [0.1, 0.15) is 22.8 Å².